The monoisotopic (exact) mass is 284 g/mol. The number of hydrogen-bond donors (Lipinski definition) is 0. The average molecular weight is 284 g/mol. The predicted molar refractivity (Wildman–Crippen MR) is 74.6 cm³/mol. The summed E-state index contributed by atoms with van der Waals surface area (Å²) in [5.74, 6) is -0.714. The molecule has 0 unspecified atom stereocenters. The third-order valence-electron chi connectivity index (χ3n) is 4.40. The molecule has 0 fully saturated rings. The largest absolute Gasteiger partial charge is 0.273 e. The molecule has 0 aromatic rings. The number of rotatable bonds is 2. The van der Waals surface area contributed by atoms with Gasteiger partial charge in [-0.15, -0.1) is 0 Å². The molecule has 0 N–H and O–H groups in total. The molecule has 0 spiro atoms. The zero-order valence-electron chi connectivity index (χ0n) is 11.8. The molecule has 1 aliphatic heterocycles. The first-order valence-electron chi connectivity index (χ1n) is 6.45. The van der Waals surface area contributed by atoms with Crippen molar-refractivity contribution in [2.24, 2.45) is 11.0 Å². The van der Waals surface area contributed by atoms with Gasteiger partial charge >= 0.3 is 0 Å². The van der Waals surface area contributed by atoms with E-state index in [1.54, 1.807) is 14.0 Å². The fraction of sp³-hybridized carbons (Fsp3) is 0.692. The Balaban J connectivity index is 2.65. The fourth-order valence-electron chi connectivity index (χ4n) is 2.92. The topological polar surface area (TPSA) is 66.8 Å². The van der Waals surface area contributed by atoms with E-state index in [0.29, 0.717) is 12.8 Å². The minimum atomic E-state index is -3.39. The van der Waals surface area contributed by atoms with Gasteiger partial charge in [-0.1, -0.05) is 18.1 Å². The summed E-state index contributed by atoms with van der Waals surface area (Å²) in [6, 6.07) is 0. The number of carbonyl (C=O) groups excluding carboxylic acids is 1. The summed E-state index contributed by atoms with van der Waals surface area (Å²) < 4.78 is 23.9. The Morgan fingerprint density at radius 3 is 2.63 bits per heavy atom. The molecule has 1 amide bonds. The Bertz CT molecular complexity index is 577. The summed E-state index contributed by atoms with van der Waals surface area (Å²) in [6.45, 7) is 5.53. The molecular formula is C13H20N2O3S. The Morgan fingerprint density at radius 1 is 1.42 bits per heavy atom. The first-order chi connectivity index (χ1) is 8.75. The zero-order valence-corrected chi connectivity index (χ0v) is 12.6. The van der Waals surface area contributed by atoms with E-state index in [9.17, 15) is 13.2 Å². The maximum atomic E-state index is 12.5. The van der Waals surface area contributed by atoms with Crippen molar-refractivity contribution in [3.63, 3.8) is 0 Å². The minimum absolute atomic E-state index is 0.0266. The normalized spacial score (nSPS) is 31.7. The quantitative estimate of drug-likeness (QED) is 0.719. The molecule has 0 aromatic heterocycles. The number of fused-ring (bicyclic) bond motifs is 1. The summed E-state index contributed by atoms with van der Waals surface area (Å²) in [6.07, 6.45) is 2.36. The molecule has 6 heteroatoms. The van der Waals surface area contributed by atoms with Crippen LogP contribution in [0.4, 0.5) is 0 Å². The number of carbonyl (C=O) groups is 1. The van der Waals surface area contributed by atoms with Crippen LogP contribution in [0.25, 0.3) is 0 Å². The number of amides is 1. The summed E-state index contributed by atoms with van der Waals surface area (Å²) in [4.78, 5) is 12.3. The van der Waals surface area contributed by atoms with Crippen LogP contribution >= 0.6 is 0 Å². The Labute approximate surface area is 114 Å². The molecule has 0 aromatic carbocycles. The van der Waals surface area contributed by atoms with Gasteiger partial charge in [0, 0.05) is 19.0 Å². The first-order valence-corrected chi connectivity index (χ1v) is 8.10. The van der Waals surface area contributed by atoms with Gasteiger partial charge in [-0.3, -0.25) is 4.79 Å². The first kappa shape index (κ1) is 14.2. The lowest BCUT2D eigenvalue weighted by Crippen LogP contribution is -2.58. The van der Waals surface area contributed by atoms with Gasteiger partial charge in [0.15, 0.2) is 9.84 Å². The van der Waals surface area contributed by atoms with Crippen LogP contribution in [0.3, 0.4) is 0 Å². The highest BCUT2D eigenvalue weighted by atomic mass is 32.2. The third kappa shape index (κ3) is 1.93. The van der Waals surface area contributed by atoms with E-state index < -0.39 is 20.5 Å². The van der Waals surface area contributed by atoms with Crippen molar-refractivity contribution in [1.82, 2.24) is 5.01 Å². The molecule has 2 rings (SSSR count). The van der Waals surface area contributed by atoms with Crippen molar-refractivity contribution in [3.05, 3.63) is 11.1 Å². The maximum absolute atomic E-state index is 12.5. The summed E-state index contributed by atoms with van der Waals surface area (Å²) in [7, 11) is -1.82. The van der Waals surface area contributed by atoms with Crippen LogP contribution in [-0.2, 0) is 14.6 Å². The van der Waals surface area contributed by atoms with Gasteiger partial charge < -0.3 is 0 Å². The fourth-order valence-corrected chi connectivity index (χ4v) is 4.72. The Kier molecular flexibility index (Phi) is 3.33. The number of sulfone groups is 1. The summed E-state index contributed by atoms with van der Waals surface area (Å²) in [5, 5.41) is 5.25. The summed E-state index contributed by atoms with van der Waals surface area (Å²) >= 11 is 0. The minimum Gasteiger partial charge on any atom is -0.273 e. The number of hydrazone groups is 1. The molecule has 5 nitrogen and oxygen atoms in total. The van der Waals surface area contributed by atoms with Crippen molar-refractivity contribution in [2.45, 2.75) is 38.4 Å². The van der Waals surface area contributed by atoms with Gasteiger partial charge in [0.05, 0.1) is 5.92 Å². The molecule has 2 atom stereocenters. The van der Waals surface area contributed by atoms with E-state index in [4.69, 9.17) is 0 Å². The van der Waals surface area contributed by atoms with E-state index in [0.717, 1.165) is 11.1 Å². The van der Waals surface area contributed by atoms with Gasteiger partial charge in [0.1, 0.15) is 4.75 Å². The average Bonchev–Trinajstić information content (AvgIpc) is 2.36. The highest BCUT2D eigenvalue weighted by molar-refractivity contribution is 7.93. The Hall–Kier alpha value is -1.17. The van der Waals surface area contributed by atoms with E-state index in [1.807, 2.05) is 13.8 Å². The summed E-state index contributed by atoms with van der Waals surface area (Å²) in [5.41, 5.74) is 2.17. The van der Waals surface area contributed by atoms with Gasteiger partial charge in [0.25, 0.3) is 0 Å². The van der Waals surface area contributed by atoms with Crippen molar-refractivity contribution >= 4 is 22.0 Å². The molecule has 2 aliphatic rings. The van der Waals surface area contributed by atoms with Crippen molar-refractivity contribution < 1.29 is 13.2 Å². The smallest absolute Gasteiger partial charge is 0.247 e. The van der Waals surface area contributed by atoms with Crippen LogP contribution in [0.2, 0.25) is 0 Å². The molecular weight excluding hydrogens is 264 g/mol. The zero-order chi connectivity index (χ0) is 14.4. The van der Waals surface area contributed by atoms with Crippen molar-refractivity contribution in [2.75, 3.05) is 12.8 Å². The highest BCUT2D eigenvalue weighted by Crippen LogP contribution is 2.44. The van der Waals surface area contributed by atoms with E-state index in [-0.39, 0.29) is 11.7 Å². The molecule has 0 radical (unpaired) electrons. The van der Waals surface area contributed by atoms with Gasteiger partial charge in [0.2, 0.25) is 5.91 Å². The molecule has 1 heterocycles. The van der Waals surface area contributed by atoms with Crippen LogP contribution < -0.4 is 0 Å². The second-order valence-electron chi connectivity index (χ2n) is 5.46. The second kappa shape index (κ2) is 4.44. The molecule has 0 saturated heterocycles. The van der Waals surface area contributed by atoms with Crippen LogP contribution in [0, 0.1) is 5.92 Å². The predicted octanol–water partition coefficient (Wildman–Crippen LogP) is 1.36. The maximum Gasteiger partial charge on any atom is 0.247 e. The van der Waals surface area contributed by atoms with Crippen LogP contribution in [0.5, 0.6) is 0 Å². The van der Waals surface area contributed by atoms with Crippen molar-refractivity contribution in [3.8, 4) is 0 Å². The second-order valence-corrected chi connectivity index (χ2v) is 8.03. The lowest BCUT2D eigenvalue weighted by atomic mass is 9.75. The lowest BCUT2D eigenvalue weighted by molar-refractivity contribution is -0.135. The Morgan fingerprint density at radius 2 is 2.05 bits per heavy atom. The van der Waals surface area contributed by atoms with Gasteiger partial charge in [-0.25, -0.2) is 13.4 Å². The standard InChI is InChI=1S/C13H20N2O3S/c1-5-19(17,18)13-7-10(3)9(2)6-11(13)12(16)15(4)14-8-13/h8,11H,5-7H2,1-4H3/t11-,13-/m1/s1. The number of nitrogens with zero attached hydrogens (tertiary/aromatic N) is 2. The van der Waals surface area contributed by atoms with E-state index in [1.165, 1.54) is 11.2 Å². The molecule has 1 aliphatic carbocycles. The molecule has 0 saturated carbocycles. The lowest BCUT2D eigenvalue weighted by Gasteiger charge is -2.43. The highest BCUT2D eigenvalue weighted by Gasteiger charge is 2.55. The van der Waals surface area contributed by atoms with Gasteiger partial charge in [-0.2, -0.15) is 5.10 Å². The number of allylic oxidation sites excluding steroid dienone is 2. The number of hydrogen-bond acceptors (Lipinski definition) is 4. The van der Waals surface area contributed by atoms with Crippen LogP contribution in [-0.4, -0.2) is 43.1 Å². The van der Waals surface area contributed by atoms with E-state index in [2.05, 4.69) is 5.10 Å². The van der Waals surface area contributed by atoms with Crippen molar-refractivity contribution in [1.29, 1.82) is 0 Å². The molecule has 106 valence electrons. The molecule has 0 bridgehead atoms. The molecule has 19 heavy (non-hydrogen) atoms. The SMILES string of the molecule is CCS(=O)(=O)[C@]12C=NN(C)C(=O)[C@H]1CC(C)=C(C)C2. The van der Waals surface area contributed by atoms with E-state index >= 15 is 0 Å². The van der Waals surface area contributed by atoms with Crippen LogP contribution in [0.1, 0.15) is 33.6 Å². The van der Waals surface area contributed by atoms with Crippen LogP contribution in [0.15, 0.2) is 16.2 Å². The van der Waals surface area contributed by atoms with Gasteiger partial charge in [-0.05, 0) is 26.7 Å². The third-order valence-corrected chi connectivity index (χ3v) is 6.85.